The molecule has 0 aromatic carbocycles. The Morgan fingerprint density at radius 3 is 3.30 bits per heavy atom. The largest absolute Gasteiger partial charge is 0.453 e. The SMILES string of the molecule is COC(=O)Nc1n[c]cs1. The number of anilines is 1. The second-order valence-corrected chi connectivity index (χ2v) is 2.26. The van der Waals surface area contributed by atoms with Crippen LogP contribution >= 0.6 is 11.3 Å². The van der Waals surface area contributed by atoms with Crippen LogP contribution in [0.1, 0.15) is 0 Å². The summed E-state index contributed by atoms with van der Waals surface area (Å²) in [5.74, 6) is 0. The predicted octanol–water partition coefficient (Wildman–Crippen LogP) is 1.12. The van der Waals surface area contributed by atoms with Gasteiger partial charge in [0.25, 0.3) is 0 Å². The minimum atomic E-state index is -0.511. The van der Waals surface area contributed by atoms with Gasteiger partial charge in [-0.2, -0.15) is 0 Å². The molecule has 0 aliphatic heterocycles. The van der Waals surface area contributed by atoms with Crippen LogP contribution in [0.3, 0.4) is 0 Å². The Morgan fingerprint density at radius 2 is 2.80 bits per heavy atom. The molecule has 0 bridgehead atoms. The van der Waals surface area contributed by atoms with Crippen LogP contribution in [-0.2, 0) is 4.74 Å². The Hall–Kier alpha value is -1.10. The van der Waals surface area contributed by atoms with Crippen molar-refractivity contribution in [2.75, 3.05) is 12.4 Å². The first-order valence-electron chi connectivity index (χ1n) is 2.49. The van der Waals surface area contributed by atoms with Gasteiger partial charge in [0.05, 0.1) is 7.11 Å². The third-order valence-corrected chi connectivity index (χ3v) is 1.42. The smallest absolute Gasteiger partial charge is 0.413 e. The average Bonchev–Trinajstić information content (AvgIpc) is 2.40. The van der Waals surface area contributed by atoms with Crippen molar-refractivity contribution in [2.45, 2.75) is 0 Å². The van der Waals surface area contributed by atoms with Crippen LogP contribution in [0.2, 0.25) is 0 Å². The molecular weight excluding hydrogens is 152 g/mol. The quantitative estimate of drug-likeness (QED) is 0.664. The first-order valence-corrected chi connectivity index (χ1v) is 3.37. The highest BCUT2D eigenvalue weighted by Crippen LogP contribution is 2.09. The van der Waals surface area contributed by atoms with E-state index in [1.807, 2.05) is 0 Å². The molecule has 1 rings (SSSR count). The van der Waals surface area contributed by atoms with Crippen LogP contribution in [0.4, 0.5) is 9.93 Å². The Morgan fingerprint density at radius 1 is 2.00 bits per heavy atom. The van der Waals surface area contributed by atoms with Crippen molar-refractivity contribution in [1.29, 1.82) is 0 Å². The lowest BCUT2D eigenvalue weighted by molar-refractivity contribution is 0.187. The molecule has 0 spiro atoms. The second kappa shape index (κ2) is 3.17. The summed E-state index contributed by atoms with van der Waals surface area (Å²) in [5, 5.41) is 4.52. The van der Waals surface area contributed by atoms with Crippen molar-refractivity contribution in [3.8, 4) is 0 Å². The van der Waals surface area contributed by atoms with Crippen molar-refractivity contribution >= 4 is 22.6 Å². The summed E-state index contributed by atoms with van der Waals surface area (Å²) in [6, 6.07) is 0. The molecule has 1 N–H and O–H groups in total. The fourth-order valence-electron chi connectivity index (χ4n) is 0.389. The number of methoxy groups -OCH3 is 1. The Labute approximate surface area is 61.8 Å². The van der Waals surface area contributed by atoms with Gasteiger partial charge in [-0.05, 0) is 0 Å². The lowest BCUT2D eigenvalue weighted by Gasteiger charge is -1.95. The van der Waals surface area contributed by atoms with E-state index < -0.39 is 6.09 Å². The first kappa shape index (κ1) is 7.01. The minimum Gasteiger partial charge on any atom is -0.453 e. The van der Waals surface area contributed by atoms with E-state index in [9.17, 15) is 4.79 Å². The molecule has 1 aromatic heterocycles. The second-order valence-electron chi connectivity index (χ2n) is 1.40. The van der Waals surface area contributed by atoms with Gasteiger partial charge < -0.3 is 4.74 Å². The zero-order chi connectivity index (χ0) is 7.40. The number of hydrogen-bond donors (Lipinski definition) is 1. The summed E-state index contributed by atoms with van der Waals surface area (Å²) < 4.78 is 4.33. The van der Waals surface area contributed by atoms with Crippen molar-refractivity contribution in [3.63, 3.8) is 0 Å². The van der Waals surface area contributed by atoms with Gasteiger partial charge in [-0.3, -0.25) is 5.32 Å². The van der Waals surface area contributed by atoms with Gasteiger partial charge in [0.15, 0.2) is 5.13 Å². The Kier molecular flexibility index (Phi) is 2.22. The summed E-state index contributed by atoms with van der Waals surface area (Å²) in [5.41, 5.74) is 0. The van der Waals surface area contributed by atoms with Gasteiger partial charge in [-0.15, -0.1) is 11.3 Å². The van der Waals surface area contributed by atoms with Crippen molar-refractivity contribution in [2.24, 2.45) is 0 Å². The molecule has 0 fully saturated rings. The van der Waals surface area contributed by atoms with Gasteiger partial charge in [0.1, 0.15) is 6.20 Å². The predicted molar refractivity (Wildman–Crippen MR) is 37.0 cm³/mol. The van der Waals surface area contributed by atoms with E-state index in [0.29, 0.717) is 5.13 Å². The number of ether oxygens (including phenoxy) is 1. The number of nitrogens with zero attached hydrogens (tertiary/aromatic N) is 1. The van der Waals surface area contributed by atoms with Crippen LogP contribution in [0.5, 0.6) is 0 Å². The Balaban J connectivity index is 2.48. The molecule has 4 nitrogen and oxygen atoms in total. The standard InChI is InChI=1S/C5H5N2O2S/c1-9-5(8)7-4-6-2-3-10-4/h3H,1H3,(H,6,7,8). The number of thiazole rings is 1. The van der Waals surface area contributed by atoms with Gasteiger partial charge >= 0.3 is 6.09 Å². The summed E-state index contributed by atoms with van der Waals surface area (Å²) in [6.45, 7) is 0. The molecule has 1 aromatic rings. The molecule has 0 saturated carbocycles. The van der Waals surface area contributed by atoms with Crippen molar-refractivity contribution in [3.05, 3.63) is 11.6 Å². The van der Waals surface area contributed by atoms with E-state index in [1.165, 1.54) is 18.4 Å². The molecule has 1 heterocycles. The fraction of sp³-hybridized carbons (Fsp3) is 0.200. The maximum atomic E-state index is 10.5. The Bertz CT molecular complexity index is 209. The van der Waals surface area contributed by atoms with E-state index in [0.717, 1.165) is 0 Å². The maximum absolute atomic E-state index is 10.5. The highest BCUT2D eigenvalue weighted by molar-refractivity contribution is 7.13. The van der Waals surface area contributed by atoms with Gasteiger partial charge in [0, 0.05) is 5.38 Å². The van der Waals surface area contributed by atoms with Crippen LogP contribution < -0.4 is 5.32 Å². The third-order valence-electron chi connectivity index (χ3n) is 0.784. The van der Waals surface area contributed by atoms with E-state index in [1.54, 1.807) is 5.38 Å². The lowest BCUT2D eigenvalue weighted by Crippen LogP contribution is -2.10. The van der Waals surface area contributed by atoms with Crippen LogP contribution in [0.15, 0.2) is 5.38 Å². The zero-order valence-electron chi connectivity index (χ0n) is 5.25. The fourth-order valence-corrected chi connectivity index (χ4v) is 0.854. The number of nitrogens with one attached hydrogen (secondary N) is 1. The summed E-state index contributed by atoms with van der Waals surface area (Å²) in [4.78, 5) is 14.2. The van der Waals surface area contributed by atoms with Gasteiger partial charge in [0.2, 0.25) is 0 Å². The van der Waals surface area contributed by atoms with E-state index in [2.05, 4.69) is 21.2 Å². The van der Waals surface area contributed by atoms with Gasteiger partial charge in [-0.25, -0.2) is 9.78 Å². The third kappa shape index (κ3) is 1.70. The number of aromatic nitrogens is 1. The summed E-state index contributed by atoms with van der Waals surface area (Å²) >= 11 is 1.29. The molecule has 1 amide bonds. The highest BCUT2D eigenvalue weighted by atomic mass is 32.1. The van der Waals surface area contributed by atoms with Gasteiger partial charge in [-0.1, -0.05) is 0 Å². The zero-order valence-corrected chi connectivity index (χ0v) is 6.07. The molecule has 53 valence electrons. The van der Waals surface area contributed by atoms with Crippen LogP contribution in [-0.4, -0.2) is 18.2 Å². The van der Waals surface area contributed by atoms with E-state index in [4.69, 9.17) is 0 Å². The first-order chi connectivity index (χ1) is 4.83. The van der Waals surface area contributed by atoms with E-state index in [-0.39, 0.29) is 0 Å². The molecular formula is C5H5N2O2S. The van der Waals surface area contributed by atoms with Crippen LogP contribution in [0.25, 0.3) is 0 Å². The maximum Gasteiger partial charge on any atom is 0.413 e. The molecule has 1 radical (unpaired) electrons. The minimum absolute atomic E-state index is 0.492. The van der Waals surface area contributed by atoms with Crippen molar-refractivity contribution < 1.29 is 9.53 Å². The summed E-state index contributed by atoms with van der Waals surface area (Å²) in [6.07, 6.45) is 2.05. The molecule has 0 atom stereocenters. The topological polar surface area (TPSA) is 51.2 Å². The number of carbonyl (C=O) groups excluding carboxylic acids is 1. The highest BCUT2D eigenvalue weighted by Gasteiger charge is 2.00. The number of amides is 1. The molecule has 0 saturated heterocycles. The molecule has 10 heavy (non-hydrogen) atoms. The van der Waals surface area contributed by atoms with Crippen molar-refractivity contribution in [1.82, 2.24) is 4.98 Å². The lowest BCUT2D eigenvalue weighted by atomic mass is 11.0. The molecule has 0 aliphatic rings. The van der Waals surface area contributed by atoms with E-state index >= 15 is 0 Å². The van der Waals surface area contributed by atoms with Crippen LogP contribution in [0, 0.1) is 6.20 Å². The number of carbonyl (C=O) groups is 1. The molecule has 5 heteroatoms. The monoisotopic (exact) mass is 157 g/mol. The molecule has 0 aliphatic carbocycles. The molecule has 0 unspecified atom stereocenters. The number of rotatable bonds is 1. The average molecular weight is 157 g/mol. The normalized spacial score (nSPS) is 8.90. The summed E-state index contributed by atoms with van der Waals surface area (Å²) in [7, 11) is 1.30. The number of hydrogen-bond acceptors (Lipinski definition) is 4.